The number of hydrogen-bond acceptors (Lipinski definition) is 4. The molecular weight excluding hydrogens is 322 g/mol. The average Bonchev–Trinajstić information content (AvgIpc) is 3.03. The lowest BCUT2D eigenvalue weighted by molar-refractivity contribution is -0.117. The van der Waals surface area contributed by atoms with E-state index < -0.39 is 17.8 Å². The molecule has 0 aliphatic heterocycles. The highest BCUT2D eigenvalue weighted by Crippen LogP contribution is 2.29. The maximum absolute atomic E-state index is 12.1. The summed E-state index contributed by atoms with van der Waals surface area (Å²) in [6.07, 6.45) is -0.836. The normalized spacial score (nSPS) is 12.1. The van der Waals surface area contributed by atoms with Crippen molar-refractivity contribution in [2.45, 2.75) is 13.0 Å². The second-order valence-corrected chi connectivity index (χ2v) is 6.72. The summed E-state index contributed by atoms with van der Waals surface area (Å²) in [4.78, 5) is 24.8. The first kappa shape index (κ1) is 16.4. The first-order chi connectivity index (χ1) is 11.5. The third-order valence-electron chi connectivity index (χ3n) is 3.75. The number of ketones is 1. The van der Waals surface area contributed by atoms with Gasteiger partial charge < -0.3 is 10.4 Å². The van der Waals surface area contributed by atoms with Crippen LogP contribution in [0.2, 0.25) is 0 Å². The molecule has 24 heavy (non-hydrogen) atoms. The van der Waals surface area contributed by atoms with Crippen molar-refractivity contribution in [2.75, 3.05) is 6.54 Å². The topological polar surface area (TPSA) is 66.4 Å². The number of Topliss-reactive ketones (excluding diaryl/α,β-unsaturated/α-hetero) is 1. The van der Waals surface area contributed by atoms with Crippen molar-refractivity contribution in [1.82, 2.24) is 5.32 Å². The highest BCUT2D eigenvalue weighted by Gasteiger charge is 2.18. The number of carbonyl (C=O) groups excluding carboxylic acids is 2. The second-order valence-electron chi connectivity index (χ2n) is 5.61. The van der Waals surface area contributed by atoms with E-state index in [9.17, 15) is 14.7 Å². The molecular formula is C19H17NO3S. The molecule has 1 heterocycles. The third-order valence-corrected chi connectivity index (χ3v) is 4.97. The molecule has 4 nitrogen and oxygen atoms in total. The molecule has 1 unspecified atom stereocenters. The molecule has 1 amide bonds. The zero-order valence-electron chi connectivity index (χ0n) is 13.2. The van der Waals surface area contributed by atoms with Crippen molar-refractivity contribution in [3.63, 3.8) is 0 Å². The van der Waals surface area contributed by atoms with Crippen LogP contribution in [0.5, 0.6) is 0 Å². The molecule has 1 aromatic heterocycles. The van der Waals surface area contributed by atoms with Crippen LogP contribution in [0.25, 0.3) is 10.1 Å². The number of aliphatic hydroxyl groups excluding tert-OH is 1. The van der Waals surface area contributed by atoms with Gasteiger partial charge in [-0.05, 0) is 24.4 Å². The lowest BCUT2D eigenvalue weighted by Gasteiger charge is -2.09. The summed E-state index contributed by atoms with van der Waals surface area (Å²) in [5, 5.41) is 13.8. The van der Waals surface area contributed by atoms with Gasteiger partial charge in [0.2, 0.25) is 5.78 Å². The van der Waals surface area contributed by atoms with Crippen molar-refractivity contribution in [3.8, 4) is 0 Å². The van der Waals surface area contributed by atoms with Crippen LogP contribution in [0.4, 0.5) is 0 Å². The molecule has 0 bridgehead atoms. The summed E-state index contributed by atoms with van der Waals surface area (Å²) in [6.45, 7) is 1.92. The van der Waals surface area contributed by atoms with Crippen LogP contribution in [0, 0.1) is 6.92 Å². The van der Waals surface area contributed by atoms with E-state index in [4.69, 9.17) is 0 Å². The fourth-order valence-corrected chi connectivity index (χ4v) is 3.42. The second kappa shape index (κ2) is 6.95. The monoisotopic (exact) mass is 339 g/mol. The molecule has 3 aromatic rings. The van der Waals surface area contributed by atoms with Gasteiger partial charge in [0.1, 0.15) is 6.10 Å². The van der Waals surface area contributed by atoms with Gasteiger partial charge in [-0.2, -0.15) is 0 Å². The summed E-state index contributed by atoms with van der Waals surface area (Å²) in [5.74, 6) is -1.31. The lowest BCUT2D eigenvalue weighted by Crippen LogP contribution is -2.34. The minimum absolute atomic E-state index is 0.00323. The molecule has 5 heteroatoms. The van der Waals surface area contributed by atoms with Crippen LogP contribution >= 0.6 is 11.3 Å². The minimum atomic E-state index is -0.836. The number of benzene rings is 2. The zero-order valence-corrected chi connectivity index (χ0v) is 14.0. The Hall–Kier alpha value is -2.50. The molecule has 1 atom stereocenters. The van der Waals surface area contributed by atoms with Gasteiger partial charge >= 0.3 is 0 Å². The number of amides is 1. The molecule has 2 N–H and O–H groups in total. The number of aliphatic hydroxyl groups is 1. The number of thiophene rings is 1. The smallest absolute Gasteiger partial charge is 0.292 e. The van der Waals surface area contributed by atoms with E-state index >= 15 is 0 Å². The van der Waals surface area contributed by atoms with Gasteiger partial charge in [-0.25, -0.2) is 0 Å². The van der Waals surface area contributed by atoms with E-state index in [0.29, 0.717) is 5.56 Å². The van der Waals surface area contributed by atoms with Crippen molar-refractivity contribution in [3.05, 3.63) is 70.6 Å². The van der Waals surface area contributed by atoms with E-state index in [1.165, 1.54) is 11.3 Å². The Bertz CT molecular complexity index is 850. The molecule has 0 fully saturated rings. The molecule has 0 aliphatic carbocycles. The van der Waals surface area contributed by atoms with Crippen molar-refractivity contribution < 1.29 is 14.7 Å². The highest BCUT2D eigenvalue weighted by atomic mass is 32.1. The number of hydrogen-bond donors (Lipinski definition) is 2. The van der Waals surface area contributed by atoms with Gasteiger partial charge in [-0.1, -0.05) is 48.0 Å². The van der Waals surface area contributed by atoms with Gasteiger partial charge in [0.25, 0.3) is 5.91 Å². The van der Waals surface area contributed by atoms with Crippen LogP contribution < -0.4 is 5.32 Å². The fourth-order valence-electron chi connectivity index (χ4n) is 2.37. The molecule has 0 spiro atoms. The first-order valence-corrected chi connectivity index (χ1v) is 8.42. The van der Waals surface area contributed by atoms with Crippen molar-refractivity contribution >= 4 is 33.1 Å². The highest BCUT2D eigenvalue weighted by molar-refractivity contribution is 7.19. The fraction of sp³-hybridized carbons (Fsp3) is 0.158. The van der Waals surface area contributed by atoms with E-state index in [1.807, 2.05) is 37.3 Å². The molecule has 122 valence electrons. The van der Waals surface area contributed by atoms with Gasteiger partial charge in [0.15, 0.2) is 0 Å². The predicted octanol–water partition coefficient (Wildman–Crippen LogP) is 3.24. The summed E-state index contributed by atoms with van der Waals surface area (Å²) in [5.41, 5.74) is 1.36. The zero-order chi connectivity index (χ0) is 17.1. The Balaban J connectivity index is 1.62. The third kappa shape index (κ3) is 3.53. The Morgan fingerprint density at radius 2 is 1.83 bits per heavy atom. The van der Waals surface area contributed by atoms with Crippen molar-refractivity contribution in [1.29, 1.82) is 0 Å². The minimum Gasteiger partial charge on any atom is -0.386 e. The van der Waals surface area contributed by atoms with Crippen LogP contribution in [0.1, 0.15) is 26.9 Å². The first-order valence-electron chi connectivity index (χ1n) is 7.60. The van der Waals surface area contributed by atoms with Gasteiger partial charge in [0, 0.05) is 21.7 Å². The summed E-state index contributed by atoms with van der Waals surface area (Å²) >= 11 is 1.48. The Kier molecular flexibility index (Phi) is 4.74. The maximum Gasteiger partial charge on any atom is 0.292 e. The van der Waals surface area contributed by atoms with Crippen LogP contribution in [0.3, 0.4) is 0 Å². The average molecular weight is 339 g/mol. The number of rotatable bonds is 5. The van der Waals surface area contributed by atoms with E-state index in [0.717, 1.165) is 20.5 Å². The summed E-state index contributed by atoms with van der Waals surface area (Å²) < 4.78 is 1.08. The maximum atomic E-state index is 12.1. The van der Waals surface area contributed by atoms with E-state index in [-0.39, 0.29) is 6.54 Å². The van der Waals surface area contributed by atoms with Crippen LogP contribution in [-0.4, -0.2) is 23.3 Å². The lowest BCUT2D eigenvalue weighted by atomic mass is 10.1. The molecule has 0 aliphatic rings. The Morgan fingerprint density at radius 1 is 1.12 bits per heavy atom. The SMILES string of the molecule is Cc1ccc(C(=O)C(=O)NCC(O)c2cc3ccccc3s2)cc1. The van der Waals surface area contributed by atoms with Gasteiger partial charge in [-0.3, -0.25) is 9.59 Å². The van der Waals surface area contributed by atoms with Crippen LogP contribution in [-0.2, 0) is 4.79 Å². The summed E-state index contributed by atoms with van der Waals surface area (Å²) in [6, 6.07) is 16.6. The van der Waals surface area contributed by atoms with Crippen LogP contribution in [0.15, 0.2) is 54.6 Å². The quantitative estimate of drug-likeness (QED) is 0.554. The number of nitrogens with one attached hydrogen (secondary N) is 1. The van der Waals surface area contributed by atoms with E-state index in [1.54, 1.807) is 24.3 Å². The molecule has 0 saturated heterocycles. The number of aryl methyl sites for hydroxylation is 1. The van der Waals surface area contributed by atoms with Gasteiger partial charge in [-0.15, -0.1) is 11.3 Å². The predicted molar refractivity (Wildman–Crippen MR) is 95.3 cm³/mol. The molecule has 3 rings (SSSR count). The number of carbonyl (C=O) groups is 2. The molecule has 0 saturated carbocycles. The van der Waals surface area contributed by atoms with Crippen molar-refractivity contribution in [2.24, 2.45) is 0 Å². The number of fused-ring (bicyclic) bond motifs is 1. The standard InChI is InChI=1S/C19H17NO3S/c1-12-6-8-13(9-7-12)18(22)19(23)20-11-15(21)17-10-14-4-2-3-5-16(14)24-17/h2-10,15,21H,11H2,1H3,(H,20,23). The molecule has 2 aromatic carbocycles. The summed E-state index contributed by atoms with van der Waals surface area (Å²) in [7, 11) is 0. The Morgan fingerprint density at radius 3 is 2.54 bits per heavy atom. The largest absolute Gasteiger partial charge is 0.386 e. The molecule has 0 radical (unpaired) electrons. The Labute approximate surface area is 143 Å². The van der Waals surface area contributed by atoms with E-state index in [2.05, 4.69) is 5.32 Å². The van der Waals surface area contributed by atoms with Gasteiger partial charge in [0.05, 0.1) is 0 Å².